The van der Waals surface area contributed by atoms with Crippen molar-refractivity contribution >= 4 is 11.8 Å². The highest BCUT2D eigenvalue weighted by Crippen LogP contribution is 2.24. The molecule has 1 aromatic carbocycles. The molecular weight excluding hydrogens is 248 g/mol. The van der Waals surface area contributed by atoms with Gasteiger partial charge in [-0.25, -0.2) is 4.79 Å². The average Bonchev–Trinajstić information content (AvgIpc) is 2.44. The maximum absolute atomic E-state index is 12.0. The Bertz CT molecular complexity index is 491. The zero-order valence-electron chi connectivity index (χ0n) is 11.1. The quantitative estimate of drug-likeness (QED) is 0.447. The minimum Gasteiger partial charge on any atom is -0.496 e. The van der Waals surface area contributed by atoms with Crippen molar-refractivity contribution in [3.63, 3.8) is 0 Å². The summed E-state index contributed by atoms with van der Waals surface area (Å²) in [6, 6.07) is 4.93. The zero-order valence-corrected chi connectivity index (χ0v) is 11.1. The van der Waals surface area contributed by atoms with E-state index >= 15 is 0 Å². The highest BCUT2D eigenvalue weighted by Gasteiger charge is 2.11. The van der Waals surface area contributed by atoms with E-state index in [1.54, 1.807) is 18.2 Å². The van der Waals surface area contributed by atoms with Crippen molar-refractivity contribution in [2.75, 3.05) is 20.8 Å². The van der Waals surface area contributed by atoms with E-state index in [-0.39, 0.29) is 5.78 Å². The lowest BCUT2D eigenvalue weighted by Gasteiger charge is -2.09. The van der Waals surface area contributed by atoms with Gasteiger partial charge in [-0.1, -0.05) is 0 Å². The molecule has 5 nitrogen and oxygen atoms in total. The first-order valence-electron chi connectivity index (χ1n) is 5.73. The van der Waals surface area contributed by atoms with E-state index in [1.165, 1.54) is 14.2 Å². The third-order valence-electron chi connectivity index (χ3n) is 2.32. The summed E-state index contributed by atoms with van der Waals surface area (Å²) in [6.07, 6.45) is 2.20. The van der Waals surface area contributed by atoms with Gasteiger partial charge < -0.3 is 14.2 Å². The number of benzene rings is 1. The summed E-state index contributed by atoms with van der Waals surface area (Å²) in [6.45, 7) is 2.35. The minimum absolute atomic E-state index is 0.327. The van der Waals surface area contributed by atoms with Crippen LogP contribution in [0, 0.1) is 0 Å². The first-order chi connectivity index (χ1) is 9.12. The van der Waals surface area contributed by atoms with Crippen molar-refractivity contribution in [2.45, 2.75) is 6.92 Å². The number of methoxy groups -OCH3 is 2. The standard InChI is InChI=1S/C14H16O5/c1-4-19-10-5-7-13(17-2)11(9-10)12(15)6-8-14(16)18-3/h5-9H,4H2,1-3H3/b8-6+. The maximum atomic E-state index is 12.0. The Labute approximate surface area is 111 Å². The van der Waals surface area contributed by atoms with Crippen LogP contribution in [0.1, 0.15) is 17.3 Å². The molecule has 0 aliphatic carbocycles. The molecule has 0 atom stereocenters. The summed E-state index contributed by atoms with van der Waals surface area (Å²) in [5, 5.41) is 0. The highest BCUT2D eigenvalue weighted by molar-refractivity contribution is 6.08. The largest absolute Gasteiger partial charge is 0.496 e. The molecule has 19 heavy (non-hydrogen) atoms. The number of ketones is 1. The molecule has 0 amide bonds. The van der Waals surface area contributed by atoms with Crippen molar-refractivity contribution in [3.8, 4) is 11.5 Å². The van der Waals surface area contributed by atoms with E-state index < -0.39 is 5.97 Å². The van der Waals surface area contributed by atoms with Crippen LogP contribution in [0.15, 0.2) is 30.4 Å². The molecule has 0 unspecified atom stereocenters. The lowest BCUT2D eigenvalue weighted by Crippen LogP contribution is -2.02. The number of hydrogen-bond acceptors (Lipinski definition) is 5. The number of ether oxygens (including phenoxy) is 3. The molecule has 0 aliphatic heterocycles. The summed E-state index contributed by atoms with van der Waals surface area (Å²) in [5.41, 5.74) is 0.327. The Morgan fingerprint density at radius 3 is 2.53 bits per heavy atom. The molecule has 1 rings (SSSR count). The van der Waals surface area contributed by atoms with Crippen LogP contribution in [-0.2, 0) is 9.53 Å². The third-order valence-corrected chi connectivity index (χ3v) is 2.32. The van der Waals surface area contributed by atoms with Gasteiger partial charge in [0.05, 0.1) is 26.4 Å². The zero-order chi connectivity index (χ0) is 14.3. The van der Waals surface area contributed by atoms with Crippen molar-refractivity contribution < 1.29 is 23.8 Å². The van der Waals surface area contributed by atoms with Crippen LogP contribution in [0.3, 0.4) is 0 Å². The average molecular weight is 264 g/mol. The highest BCUT2D eigenvalue weighted by atomic mass is 16.5. The number of hydrogen-bond donors (Lipinski definition) is 0. The van der Waals surface area contributed by atoms with Gasteiger partial charge in [0.25, 0.3) is 0 Å². The van der Waals surface area contributed by atoms with Crippen molar-refractivity contribution in [1.29, 1.82) is 0 Å². The summed E-state index contributed by atoms with van der Waals surface area (Å²) in [5.74, 6) is 0.0400. The van der Waals surface area contributed by atoms with E-state index in [4.69, 9.17) is 9.47 Å². The summed E-state index contributed by atoms with van der Waals surface area (Å²) in [7, 11) is 2.71. The van der Waals surface area contributed by atoms with Gasteiger partial charge in [-0.05, 0) is 31.2 Å². The van der Waals surface area contributed by atoms with Gasteiger partial charge in [-0.15, -0.1) is 0 Å². The summed E-state index contributed by atoms with van der Waals surface area (Å²) >= 11 is 0. The second-order valence-electron chi connectivity index (χ2n) is 3.52. The van der Waals surface area contributed by atoms with E-state index in [0.717, 1.165) is 12.2 Å². The molecule has 0 aliphatic rings. The smallest absolute Gasteiger partial charge is 0.330 e. The van der Waals surface area contributed by atoms with Gasteiger partial charge in [-0.3, -0.25) is 4.79 Å². The molecule has 0 aromatic heterocycles. The van der Waals surface area contributed by atoms with Crippen molar-refractivity contribution in [1.82, 2.24) is 0 Å². The Morgan fingerprint density at radius 2 is 1.95 bits per heavy atom. The predicted octanol–water partition coefficient (Wildman–Crippen LogP) is 2.01. The molecule has 0 heterocycles. The van der Waals surface area contributed by atoms with Gasteiger partial charge >= 0.3 is 5.97 Å². The molecule has 0 bridgehead atoms. The Hall–Kier alpha value is -2.30. The van der Waals surface area contributed by atoms with Crippen LogP contribution in [0.5, 0.6) is 11.5 Å². The van der Waals surface area contributed by atoms with Gasteiger partial charge in [0, 0.05) is 6.08 Å². The number of carbonyl (C=O) groups is 2. The molecule has 0 saturated carbocycles. The molecular formula is C14H16O5. The van der Waals surface area contributed by atoms with E-state index in [0.29, 0.717) is 23.7 Å². The first-order valence-corrected chi connectivity index (χ1v) is 5.73. The molecule has 5 heteroatoms. The van der Waals surface area contributed by atoms with Crippen LogP contribution < -0.4 is 9.47 Å². The summed E-state index contributed by atoms with van der Waals surface area (Å²) < 4.78 is 14.8. The molecule has 1 aromatic rings. The molecule has 0 spiro atoms. The molecule has 0 fully saturated rings. The van der Waals surface area contributed by atoms with Crippen LogP contribution in [0.2, 0.25) is 0 Å². The second-order valence-corrected chi connectivity index (χ2v) is 3.52. The normalized spacial score (nSPS) is 10.3. The molecule has 0 N–H and O–H groups in total. The lowest BCUT2D eigenvalue weighted by molar-refractivity contribution is -0.134. The molecule has 102 valence electrons. The Balaban J connectivity index is 3.02. The van der Waals surface area contributed by atoms with Gasteiger partial charge in [-0.2, -0.15) is 0 Å². The Kier molecular flexibility index (Phi) is 5.60. The number of esters is 1. The lowest BCUT2D eigenvalue weighted by atomic mass is 10.1. The van der Waals surface area contributed by atoms with Crippen molar-refractivity contribution in [2.24, 2.45) is 0 Å². The predicted molar refractivity (Wildman–Crippen MR) is 69.6 cm³/mol. The van der Waals surface area contributed by atoms with Crippen LogP contribution in [-0.4, -0.2) is 32.6 Å². The minimum atomic E-state index is -0.590. The van der Waals surface area contributed by atoms with Crippen LogP contribution in [0.25, 0.3) is 0 Å². The summed E-state index contributed by atoms with van der Waals surface area (Å²) in [4.78, 5) is 22.9. The fourth-order valence-electron chi connectivity index (χ4n) is 1.44. The number of rotatable bonds is 6. The molecule has 0 radical (unpaired) electrons. The van der Waals surface area contributed by atoms with E-state index in [9.17, 15) is 9.59 Å². The van der Waals surface area contributed by atoms with Gasteiger partial charge in [0.2, 0.25) is 0 Å². The fourth-order valence-corrected chi connectivity index (χ4v) is 1.44. The topological polar surface area (TPSA) is 61.8 Å². The van der Waals surface area contributed by atoms with E-state index in [2.05, 4.69) is 4.74 Å². The molecule has 0 saturated heterocycles. The van der Waals surface area contributed by atoms with Crippen LogP contribution in [0.4, 0.5) is 0 Å². The Morgan fingerprint density at radius 1 is 1.21 bits per heavy atom. The SMILES string of the molecule is CCOc1ccc(OC)c(C(=O)/C=C/C(=O)OC)c1. The fraction of sp³-hybridized carbons (Fsp3) is 0.286. The van der Waals surface area contributed by atoms with E-state index in [1.807, 2.05) is 6.92 Å². The number of carbonyl (C=O) groups excluding carboxylic acids is 2. The van der Waals surface area contributed by atoms with Crippen molar-refractivity contribution in [3.05, 3.63) is 35.9 Å². The van der Waals surface area contributed by atoms with Gasteiger partial charge in [0.1, 0.15) is 11.5 Å². The monoisotopic (exact) mass is 264 g/mol. The second kappa shape index (κ2) is 7.20. The first kappa shape index (κ1) is 14.8. The third kappa shape index (κ3) is 4.13. The van der Waals surface area contributed by atoms with Gasteiger partial charge in [0.15, 0.2) is 5.78 Å². The number of allylic oxidation sites excluding steroid dienone is 1. The van der Waals surface area contributed by atoms with Crippen LogP contribution >= 0.6 is 0 Å². The maximum Gasteiger partial charge on any atom is 0.330 e.